The summed E-state index contributed by atoms with van der Waals surface area (Å²) in [6, 6.07) is 15.6. The third-order valence-corrected chi connectivity index (χ3v) is 4.59. The zero-order valence-electron chi connectivity index (χ0n) is 15.5. The number of allylic oxidation sites excluding steroid dienone is 2. The van der Waals surface area contributed by atoms with E-state index < -0.39 is 0 Å². The number of Topliss-reactive ketones (excluding diaryl/α,β-unsaturated/α-hetero) is 1. The second-order valence-electron chi connectivity index (χ2n) is 6.73. The van der Waals surface area contributed by atoms with Gasteiger partial charge in [-0.25, -0.2) is 0 Å². The lowest BCUT2D eigenvalue weighted by Crippen LogP contribution is -2.18. The fraction of sp³-hybridized carbons (Fsp3) is 0.261. The Morgan fingerprint density at radius 1 is 0.846 bits per heavy atom. The molecule has 1 aliphatic rings. The minimum absolute atomic E-state index is 0.133. The van der Waals surface area contributed by atoms with E-state index in [1.165, 1.54) is 0 Å². The van der Waals surface area contributed by atoms with Crippen molar-refractivity contribution in [2.24, 2.45) is 5.92 Å². The van der Waals surface area contributed by atoms with Gasteiger partial charge >= 0.3 is 0 Å². The lowest BCUT2D eigenvalue weighted by Gasteiger charge is -2.22. The van der Waals surface area contributed by atoms with Gasteiger partial charge in [0.05, 0.1) is 14.2 Å². The Labute approximate surface area is 155 Å². The summed E-state index contributed by atoms with van der Waals surface area (Å²) in [5.74, 6) is 2.15. The monoisotopic (exact) mass is 348 g/mol. The predicted molar refractivity (Wildman–Crippen MR) is 105 cm³/mol. The van der Waals surface area contributed by atoms with E-state index in [2.05, 4.69) is 6.92 Å². The Bertz CT molecular complexity index is 792. The second kappa shape index (κ2) is 8.05. The largest absolute Gasteiger partial charge is 0.497 e. The maximum atomic E-state index is 13.0. The summed E-state index contributed by atoms with van der Waals surface area (Å²) in [5, 5.41) is 0. The molecule has 0 aromatic heterocycles. The highest BCUT2D eigenvalue weighted by Crippen LogP contribution is 2.32. The molecule has 0 bridgehead atoms. The van der Waals surface area contributed by atoms with Crippen molar-refractivity contribution in [1.29, 1.82) is 0 Å². The van der Waals surface area contributed by atoms with Gasteiger partial charge in [0, 0.05) is 11.1 Å². The van der Waals surface area contributed by atoms with Crippen LogP contribution in [0.5, 0.6) is 11.5 Å². The van der Waals surface area contributed by atoms with Crippen molar-refractivity contribution < 1.29 is 14.3 Å². The topological polar surface area (TPSA) is 35.5 Å². The number of benzene rings is 2. The molecule has 0 spiro atoms. The highest BCUT2D eigenvalue weighted by molar-refractivity contribution is 6.14. The van der Waals surface area contributed by atoms with Gasteiger partial charge in [-0.1, -0.05) is 31.2 Å². The van der Waals surface area contributed by atoms with E-state index >= 15 is 0 Å². The average molecular weight is 348 g/mol. The van der Waals surface area contributed by atoms with Gasteiger partial charge in [0.25, 0.3) is 0 Å². The van der Waals surface area contributed by atoms with Crippen LogP contribution >= 0.6 is 0 Å². The Morgan fingerprint density at radius 3 is 1.73 bits per heavy atom. The fourth-order valence-corrected chi connectivity index (χ4v) is 3.33. The number of carbonyl (C=O) groups excluding carboxylic acids is 1. The molecule has 0 radical (unpaired) electrons. The van der Waals surface area contributed by atoms with Crippen LogP contribution in [0.3, 0.4) is 0 Å². The van der Waals surface area contributed by atoms with Crippen molar-refractivity contribution in [2.45, 2.75) is 19.8 Å². The van der Waals surface area contributed by atoms with E-state index in [1.807, 2.05) is 60.7 Å². The van der Waals surface area contributed by atoms with Crippen molar-refractivity contribution in [3.63, 3.8) is 0 Å². The van der Waals surface area contributed by atoms with Crippen LogP contribution < -0.4 is 9.47 Å². The number of ketones is 1. The zero-order valence-corrected chi connectivity index (χ0v) is 15.5. The summed E-state index contributed by atoms with van der Waals surface area (Å²) >= 11 is 0. The predicted octanol–water partition coefficient (Wildman–Crippen LogP) is 5.17. The minimum atomic E-state index is 0.133. The molecule has 1 fully saturated rings. The molecule has 3 heteroatoms. The van der Waals surface area contributed by atoms with Gasteiger partial charge in [-0.2, -0.15) is 0 Å². The van der Waals surface area contributed by atoms with Crippen LogP contribution in [0.1, 0.15) is 30.9 Å². The minimum Gasteiger partial charge on any atom is -0.497 e. The molecule has 0 aliphatic heterocycles. The van der Waals surface area contributed by atoms with Gasteiger partial charge in [0.1, 0.15) is 11.5 Å². The normalized spacial score (nSPS) is 20.4. The molecule has 2 aromatic carbocycles. The number of ether oxygens (including phenoxy) is 2. The summed E-state index contributed by atoms with van der Waals surface area (Å²) in [5.41, 5.74) is 3.68. The van der Waals surface area contributed by atoms with Crippen molar-refractivity contribution in [3.8, 4) is 11.5 Å². The average Bonchev–Trinajstić information content (AvgIpc) is 2.66. The molecule has 3 rings (SSSR count). The molecule has 1 aliphatic carbocycles. The Kier molecular flexibility index (Phi) is 5.57. The standard InChI is InChI=1S/C23H24O3/c1-16-10-19(12-17-6-4-8-21(14-17)25-2)23(24)20(11-16)13-18-7-5-9-22(15-18)26-3/h4-9,12-16H,10-11H2,1-3H3. The zero-order chi connectivity index (χ0) is 18.5. The van der Waals surface area contributed by atoms with Crippen LogP contribution in [-0.4, -0.2) is 20.0 Å². The third kappa shape index (κ3) is 4.23. The van der Waals surface area contributed by atoms with Gasteiger partial charge in [-0.15, -0.1) is 0 Å². The number of carbonyl (C=O) groups is 1. The molecular weight excluding hydrogens is 324 g/mol. The van der Waals surface area contributed by atoms with E-state index in [4.69, 9.17) is 9.47 Å². The summed E-state index contributed by atoms with van der Waals surface area (Å²) < 4.78 is 10.6. The first-order valence-corrected chi connectivity index (χ1v) is 8.83. The van der Waals surface area contributed by atoms with Crippen LogP contribution in [0.2, 0.25) is 0 Å². The molecule has 26 heavy (non-hydrogen) atoms. The van der Waals surface area contributed by atoms with E-state index in [-0.39, 0.29) is 5.78 Å². The SMILES string of the molecule is COc1cccc(C=C2CC(C)CC(=Cc3cccc(OC)c3)C2=O)c1. The molecule has 2 aromatic rings. The molecule has 0 saturated heterocycles. The van der Waals surface area contributed by atoms with Crippen LogP contribution in [0.25, 0.3) is 12.2 Å². The lowest BCUT2D eigenvalue weighted by atomic mass is 9.81. The Morgan fingerprint density at radius 2 is 1.31 bits per heavy atom. The first kappa shape index (κ1) is 18.0. The lowest BCUT2D eigenvalue weighted by molar-refractivity contribution is -0.113. The first-order valence-electron chi connectivity index (χ1n) is 8.83. The molecule has 0 amide bonds. The molecule has 0 unspecified atom stereocenters. The smallest absolute Gasteiger partial charge is 0.185 e. The highest BCUT2D eigenvalue weighted by atomic mass is 16.5. The maximum absolute atomic E-state index is 13.0. The maximum Gasteiger partial charge on any atom is 0.185 e. The number of rotatable bonds is 4. The van der Waals surface area contributed by atoms with E-state index in [0.717, 1.165) is 46.6 Å². The van der Waals surface area contributed by atoms with Crippen LogP contribution in [0.4, 0.5) is 0 Å². The third-order valence-electron chi connectivity index (χ3n) is 4.59. The van der Waals surface area contributed by atoms with Crippen LogP contribution in [0, 0.1) is 5.92 Å². The van der Waals surface area contributed by atoms with Gasteiger partial charge in [-0.05, 0) is 66.3 Å². The fourth-order valence-electron chi connectivity index (χ4n) is 3.33. The summed E-state index contributed by atoms with van der Waals surface area (Å²) in [7, 11) is 3.30. The van der Waals surface area contributed by atoms with E-state index in [0.29, 0.717) is 5.92 Å². The van der Waals surface area contributed by atoms with Crippen LogP contribution in [-0.2, 0) is 4.79 Å². The van der Waals surface area contributed by atoms with Gasteiger partial charge < -0.3 is 9.47 Å². The molecular formula is C23H24O3. The van der Waals surface area contributed by atoms with E-state index in [9.17, 15) is 4.79 Å². The summed E-state index contributed by atoms with van der Waals surface area (Å²) in [6.07, 6.45) is 5.57. The summed E-state index contributed by atoms with van der Waals surface area (Å²) in [6.45, 7) is 2.19. The van der Waals surface area contributed by atoms with Crippen molar-refractivity contribution >= 4 is 17.9 Å². The second-order valence-corrected chi connectivity index (χ2v) is 6.73. The first-order chi connectivity index (χ1) is 12.6. The number of hydrogen-bond donors (Lipinski definition) is 0. The van der Waals surface area contributed by atoms with Gasteiger partial charge in [0.2, 0.25) is 0 Å². The number of hydrogen-bond acceptors (Lipinski definition) is 3. The van der Waals surface area contributed by atoms with Gasteiger partial charge in [-0.3, -0.25) is 4.79 Å². The molecule has 0 N–H and O–H groups in total. The van der Waals surface area contributed by atoms with Crippen molar-refractivity contribution in [1.82, 2.24) is 0 Å². The molecule has 134 valence electrons. The van der Waals surface area contributed by atoms with E-state index in [1.54, 1.807) is 14.2 Å². The molecule has 0 heterocycles. The van der Waals surface area contributed by atoms with Gasteiger partial charge in [0.15, 0.2) is 5.78 Å². The highest BCUT2D eigenvalue weighted by Gasteiger charge is 2.25. The molecule has 0 atom stereocenters. The van der Waals surface area contributed by atoms with Crippen molar-refractivity contribution in [2.75, 3.05) is 14.2 Å². The molecule has 1 saturated carbocycles. The summed E-state index contributed by atoms with van der Waals surface area (Å²) in [4.78, 5) is 13.0. The Hall–Kier alpha value is -2.81. The quantitative estimate of drug-likeness (QED) is 0.715. The number of methoxy groups -OCH3 is 2. The van der Waals surface area contributed by atoms with Crippen LogP contribution in [0.15, 0.2) is 59.7 Å². The Balaban J connectivity index is 1.92. The molecule has 3 nitrogen and oxygen atoms in total. The van der Waals surface area contributed by atoms with Crippen molar-refractivity contribution in [3.05, 3.63) is 70.8 Å².